The molecular formula is C14H16N4O3S. The molecule has 1 aliphatic heterocycles. The zero-order valence-corrected chi connectivity index (χ0v) is 12.9. The lowest BCUT2D eigenvalue weighted by molar-refractivity contribution is -0.144. The Balaban J connectivity index is 1.86. The molecule has 0 saturated carbocycles. The van der Waals surface area contributed by atoms with Crippen molar-refractivity contribution in [3.63, 3.8) is 0 Å². The molecule has 1 amide bonds. The van der Waals surface area contributed by atoms with Crippen LogP contribution in [-0.4, -0.2) is 49.0 Å². The molecule has 0 radical (unpaired) electrons. The van der Waals surface area contributed by atoms with Crippen molar-refractivity contribution in [2.45, 2.75) is 18.4 Å². The van der Waals surface area contributed by atoms with Gasteiger partial charge in [-0.3, -0.25) is 4.79 Å². The van der Waals surface area contributed by atoms with Crippen LogP contribution in [0.2, 0.25) is 0 Å². The van der Waals surface area contributed by atoms with E-state index in [0.717, 1.165) is 17.0 Å². The molecule has 1 aromatic carbocycles. The molecule has 1 fully saturated rings. The van der Waals surface area contributed by atoms with Crippen molar-refractivity contribution in [1.29, 1.82) is 0 Å². The number of amides is 1. The summed E-state index contributed by atoms with van der Waals surface area (Å²) >= 11 is 1.71. The molecule has 3 rings (SSSR count). The topological polar surface area (TPSA) is 97.1 Å². The number of carboxylic acids is 1. The first-order valence-electron chi connectivity index (χ1n) is 6.95. The standard InChI is InChI=1S/C14H16N4O3S/c1-18-11-3-2-9(8-10(11)16-17-18)12(19)15-14(13(20)21)4-6-22-7-5-14/h2-3,8H,4-7H2,1H3,(H,15,19)(H,20,21). The molecule has 8 heteroatoms. The second-order valence-corrected chi connectivity index (χ2v) is 6.60. The van der Waals surface area contributed by atoms with Gasteiger partial charge in [0.15, 0.2) is 0 Å². The van der Waals surface area contributed by atoms with Gasteiger partial charge in [0.25, 0.3) is 5.91 Å². The highest BCUT2D eigenvalue weighted by Gasteiger charge is 2.41. The van der Waals surface area contributed by atoms with Crippen LogP contribution in [0, 0.1) is 0 Å². The summed E-state index contributed by atoms with van der Waals surface area (Å²) < 4.78 is 1.62. The number of fused-ring (bicyclic) bond motifs is 1. The summed E-state index contributed by atoms with van der Waals surface area (Å²) in [6.07, 6.45) is 0.873. The Labute approximate surface area is 131 Å². The number of hydrogen-bond acceptors (Lipinski definition) is 5. The first-order chi connectivity index (χ1) is 10.5. The van der Waals surface area contributed by atoms with Crippen molar-refractivity contribution in [2.75, 3.05) is 11.5 Å². The lowest BCUT2D eigenvalue weighted by atomic mass is 9.92. The molecule has 1 saturated heterocycles. The molecule has 22 heavy (non-hydrogen) atoms. The normalized spacial score (nSPS) is 17.3. The maximum Gasteiger partial charge on any atom is 0.329 e. The molecule has 2 aromatic rings. The van der Waals surface area contributed by atoms with Crippen molar-refractivity contribution >= 4 is 34.7 Å². The highest BCUT2D eigenvalue weighted by molar-refractivity contribution is 7.99. The largest absolute Gasteiger partial charge is 0.480 e. The van der Waals surface area contributed by atoms with Gasteiger partial charge in [0.2, 0.25) is 0 Å². The molecule has 2 N–H and O–H groups in total. The SMILES string of the molecule is Cn1nnc2cc(C(=O)NC3(C(=O)O)CCSCC3)ccc21. The molecule has 1 aliphatic rings. The van der Waals surface area contributed by atoms with E-state index in [9.17, 15) is 14.7 Å². The van der Waals surface area contributed by atoms with Gasteiger partial charge in [0.1, 0.15) is 11.1 Å². The van der Waals surface area contributed by atoms with Crippen LogP contribution >= 0.6 is 11.8 Å². The first-order valence-corrected chi connectivity index (χ1v) is 8.10. The maximum atomic E-state index is 12.4. The molecule has 0 atom stereocenters. The maximum absolute atomic E-state index is 12.4. The van der Waals surface area contributed by atoms with Crippen LogP contribution in [0.3, 0.4) is 0 Å². The number of carboxylic acid groups (broad SMARTS) is 1. The zero-order valence-electron chi connectivity index (χ0n) is 12.1. The summed E-state index contributed by atoms with van der Waals surface area (Å²) in [7, 11) is 1.77. The summed E-state index contributed by atoms with van der Waals surface area (Å²) in [5, 5.41) is 20.1. The Morgan fingerprint density at radius 1 is 1.36 bits per heavy atom. The zero-order chi connectivity index (χ0) is 15.7. The molecule has 116 valence electrons. The second-order valence-electron chi connectivity index (χ2n) is 5.37. The fourth-order valence-electron chi connectivity index (χ4n) is 2.58. The van der Waals surface area contributed by atoms with Gasteiger partial charge in [-0.25, -0.2) is 9.48 Å². The van der Waals surface area contributed by atoms with Gasteiger partial charge in [0.05, 0.1) is 5.52 Å². The molecule has 0 bridgehead atoms. The summed E-state index contributed by atoms with van der Waals surface area (Å²) in [6.45, 7) is 0. The summed E-state index contributed by atoms with van der Waals surface area (Å²) in [5.74, 6) is 0.106. The number of rotatable bonds is 3. The number of aromatic nitrogens is 3. The Bertz CT molecular complexity index is 737. The fraction of sp³-hybridized carbons (Fsp3) is 0.429. The average Bonchev–Trinajstić information content (AvgIpc) is 2.89. The van der Waals surface area contributed by atoms with E-state index in [1.54, 1.807) is 41.7 Å². The smallest absolute Gasteiger partial charge is 0.329 e. The Morgan fingerprint density at radius 2 is 2.09 bits per heavy atom. The Kier molecular flexibility index (Phi) is 3.78. The molecule has 7 nitrogen and oxygen atoms in total. The Morgan fingerprint density at radius 3 is 2.77 bits per heavy atom. The molecular weight excluding hydrogens is 304 g/mol. The van der Waals surface area contributed by atoms with E-state index in [1.807, 2.05) is 0 Å². The summed E-state index contributed by atoms with van der Waals surface area (Å²) in [6, 6.07) is 5.05. The van der Waals surface area contributed by atoms with E-state index in [0.29, 0.717) is 23.9 Å². The number of thioether (sulfide) groups is 1. The number of hydrogen-bond donors (Lipinski definition) is 2. The van der Waals surface area contributed by atoms with Gasteiger partial charge in [-0.1, -0.05) is 5.21 Å². The van der Waals surface area contributed by atoms with Crippen molar-refractivity contribution in [3.05, 3.63) is 23.8 Å². The van der Waals surface area contributed by atoms with Gasteiger partial charge < -0.3 is 10.4 Å². The van der Waals surface area contributed by atoms with Gasteiger partial charge in [-0.2, -0.15) is 11.8 Å². The minimum atomic E-state index is -1.17. The van der Waals surface area contributed by atoms with Crippen LogP contribution in [-0.2, 0) is 11.8 Å². The summed E-state index contributed by atoms with van der Waals surface area (Å²) in [5.41, 5.74) is 0.656. The van der Waals surface area contributed by atoms with Gasteiger partial charge in [-0.05, 0) is 42.5 Å². The lowest BCUT2D eigenvalue weighted by Gasteiger charge is -2.33. The van der Waals surface area contributed by atoms with Crippen molar-refractivity contribution in [2.24, 2.45) is 7.05 Å². The third-order valence-corrected chi connectivity index (χ3v) is 4.97. The van der Waals surface area contributed by atoms with E-state index in [2.05, 4.69) is 15.6 Å². The van der Waals surface area contributed by atoms with Crippen molar-refractivity contribution in [1.82, 2.24) is 20.3 Å². The Hall–Kier alpha value is -2.09. The molecule has 0 aliphatic carbocycles. The highest BCUT2D eigenvalue weighted by Crippen LogP contribution is 2.28. The van der Waals surface area contributed by atoms with Gasteiger partial charge >= 0.3 is 5.97 Å². The van der Waals surface area contributed by atoms with E-state index >= 15 is 0 Å². The number of carbonyl (C=O) groups is 2. The quantitative estimate of drug-likeness (QED) is 0.877. The first kappa shape index (κ1) is 14.8. The van der Waals surface area contributed by atoms with Crippen LogP contribution in [0.4, 0.5) is 0 Å². The lowest BCUT2D eigenvalue weighted by Crippen LogP contribution is -2.56. The van der Waals surface area contributed by atoms with Crippen molar-refractivity contribution in [3.8, 4) is 0 Å². The third-order valence-electron chi connectivity index (χ3n) is 3.98. The number of aliphatic carboxylic acids is 1. The van der Waals surface area contributed by atoms with E-state index in [4.69, 9.17) is 0 Å². The molecule has 0 spiro atoms. The van der Waals surface area contributed by atoms with E-state index in [-0.39, 0.29) is 5.91 Å². The van der Waals surface area contributed by atoms with Crippen LogP contribution in [0.25, 0.3) is 11.0 Å². The minimum Gasteiger partial charge on any atom is -0.480 e. The molecule has 0 unspecified atom stereocenters. The number of aryl methyl sites for hydroxylation is 1. The highest BCUT2D eigenvalue weighted by atomic mass is 32.2. The van der Waals surface area contributed by atoms with E-state index < -0.39 is 11.5 Å². The van der Waals surface area contributed by atoms with E-state index in [1.165, 1.54) is 0 Å². The van der Waals surface area contributed by atoms with Crippen LogP contribution < -0.4 is 5.32 Å². The number of benzene rings is 1. The minimum absolute atomic E-state index is 0.387. The second kappa shape index (κ2) is 5.60. The average molecular weight is 320 g/mol. The fourth-order valence-corrected chi connectivity index (χ4v) is 3.77. The predicted octanol–water partition coefficient (Wildman–Crippen LogP) is 1.05. The van der Waals surface area contributed by atoms with Crippen molar-refractivity contribution < 1.29 is 14.7 Å². The predicted molar refractivity (Wildman–Crippen MR) is 82.9 cm³/mol. The molecule has 1 aromatic heterocycles. The number of carbonyl (C=O) groups excluding carboxylic acids is 1. The van der Waals surface area contributed by atoms with Gasteiger partial charge in [0, 0.05) is 12.6 Å². The van der Waals surface area contributed by atoms with Crippen LogP contribution in [0.5, 0.6) is 0 Å². The van der Waals surface area contributed by atoms with Crippen LogP contribution in [0.1, 0.15) is 23.2 Å². The summed E-state index contributed by atoms with van der Waals surface area (Å²) in [4.78, 5) is 24.0. The third kappa shape index (κ3) is 2.54. The number of nitrogens with zero attached hydrogens (tertiary/aromatic N) is 3. The van der Waals surface area contributed by atoms with Crippen LogP contribution in [0.15, 0.2) is 18.2 Å². The molecule has 2 heterocycles. The van der Waals surface area contributed by atoms with Gasteiger partial charge in [-0.15, -0.1) is 5.10 Å². The number of nitrogens with one attached hydrogen (secondary N) is 1. The monoisotopic (exact) mass is 320 g/mol.